The van der Waals surface area contributed by atoms with Gasteiger partial charge in [0.1, 0.15) is 0 Å². The lowest BCUT2D eigenvalue weighted by Gasteiger charge is -2.10. The lowest BCUT2D eigenvalue weighted by atomic mass is 10.1. The van der Waals surface area contributed by atoms with E-state index in [4.69, 9.17) is 5.73 Å². The highest BCUT2D eigenvalue weighted by Gasteiger charge is 2.07. The van der Waals surface area contributed by atoms with E-state index in [9.17, 15) is 0 Å². The fourth-order valence-electron chi connectivity index (χ4n) is 2.76. The van der Waals surface area contributed by atoms with Crippen molar-refractivity contribution in [1.29, 1.82) is 0 Å². The molecule has 0 spiro atoms. The van der Waals surface area contributed by atoms with Crippen molar-refractivity contribution in [2.45, 2.75) is 6.92 Å². The lowest BCUT2D eigenvalue weighted by Crippen LogP contribution is -2.00. The van der Waals surface area contributed by atoms with Crippen molar-refractivity contribution >= 4 is 17.3 Å². The molecule has 0 unspecified atom stereocenters. The first-order chi connectivity index (χ1) is 13.2. The van der Waals surface area contributed by atoms with Crippen molar-refractivity contribution in [3.63, 3.8) is 0 Å². The molecule has 0 radical (unpaired) electrons. The SMILES string of the molecule is Cc1ccc(N)cc1Nc1nccc(-c2cncc(-c3ccncc3)c2)n1. The molecule has 4 aromatic rings. The van der Waals surface area contributed by atoms with Crippen molar-refractivity contribution in [3.05, 3.63) is 79.0 Å². The third-order valence-corrected chi connectivity index (χ3v) is 4.21. The minimum absolute atomic E-state index is 0.510. The van der Waals surface area contributed by atoms with Crippen LogP contribution < -0.4 is 11.1 Å². The second kappa shape index (κ2) is 7.21. The first-order valence-electron chi connectivity index (χ1n) is 8.51. The number of nitrogens with zero attached hydrogens (tertiary/aromatic N) is 4. The third kappa shape index (κ3) is 3.74. The summed E-state index contributed by atoms with van der Waals surface area (Å²) in [5, 5.41) is 3.24. The van der Waals surface area contributed by atoms with E-state index in [1.54, 1.807) is 24.8 Å². The van der Waals surface area contributed by atoms with Gasteiger partial charge in [-0.25, -0.2) is 9.97 Å². The van der Waals surface area contributed by atoms with Crippen LogP contribution in [-0.2, 0) is 0 Å². The Morgan fingerprint density at radius 1 is 0.815 bits per heavy atom. The molecule has 0 saturated heterocycles. The first-order valence-corrected chi connectivity index (χ1v) is 8.51. The molecule has 0 atom stereocenters. The molecule has 0 saturated carbocycles. The highest BCUT2D eigenvalue weighted by molar-refractivity contribution is 5.71. The highest BCUT2D eigenvalue weighted by Crippen LogP contribution is 2.25. The van der Waals surface area contributed by atoms with Crippen LogP contribution in [0, 0.1) is 6.92 Å². The summed E-state index contributed by atoms with van der Waals surface area (Å²) in [6, 6.07) is 13.5. The van der Waals surface area contributed by atoms with E-state index in [0.29, 0.717) is 11.6 Å². The lowest BCUT2D eigenvalue weighted by molar-refractivity contribution is 1.16. The molecule has 0 aliphatic rings. The number of anilines is 3. The molecule has 4 rings (SSSR count). The van der Waals surface area contributed by atoms with Crippen LogP contribution in [0.5, 0.6) is 0 Å². The largest absolute Gasteiger partial charge is 0.399 e. The molecule has 3 N–H and O–H groups in total. The van der Waals surface area contributed by atoms with Crippen molar-refractivity contribution in [2.75, 3.05) is 11.1 Å². The van der Waals surface area contributed by atoms with Crippen LogP contribution in [0.4, 0.5) is 17.3 Å². The van der Waals surface area contributed by atoms with Crippen molar-refractivity contribution in [2.24, 2.45) is 0 Å². The van der Waals surface area contributed by atoms with Gasteiger partial charge >= 0.3 is 0 Å². The van der Waals surface area contributed by atoms with Gasteiger partial charge in [-0.1, -0.05) is 6.07 Å². The number of rotatable bonds is 4. The number of hydrogen-bond acceptors (Lipinski definition) is 6. The molecule has 132 valence electrons. The number of aryl methyl sites for hydroxylation is 1. The minimum atomic E-state index is 0.510. The van der Waals surface area contributed by atoms with Crippen molar-refractivity contribution < 1.29 is 0 Å². The van der Waals surface area contributed by atoms with Crippen molar-refractivity contribution in [1.82, 2.24) is 19.9 Å². The van der Waals surface area contributed by atoms with E-state index in [2.05, 4.69) is 31.3 Å². The zero-order valence-corrected chi connectivity index (χ0v) is 14.8. The number of nitrogens with one attached hydrogen (secondary N) is 1. The Balaban J connectivity index is 1.66. The first kappa shape index (κ1) is 16.7. The Labute approximate surface area is 157 Å². The van der Waals surface area contributed by atoms with Crippen LogP contribution in [0.25, 0.3) is 22.4 Å². The minimum Gasteiger partial charge on any atom is -0.399 e. The van der Waals surface area contributed by atoms with Gasteiger partial charge in [-0.05, 0) is 54.4 Å². The Hall–Kier alpha value is -3.80. The van der Waals surface area contributed by atoms with E-state index in [1.807, 2.05) is 49.5 Å². The summed E-state index contributed by atoms with van der Waals surface area (Å²) >= 11 is 0. The summed E-state index contributed by atoms with van der Waals surface area (Å²) in [7, 11) is 0. The Bertz CT molecular complexity index is 1080. The molecule has 6 nitrogen and oxygen atoms in total. The maximum absolute atomic E-state index is 5.88. The van der Waals surface area contributed by atoms with E-state index in [-0.39, 0.29) is 0 Å². The Kier molecular flexibility index (Phi) is 4.45. The molecule has 0 bridgehead atoms. The summed E-state index contributed by atoms with van der Waals surface area (Å²) in [4.78, 5) is 17.4. The summed E-state index contributed by atoms with van der Waals surface area (Å²) < 4.78 is 0. The van der Waals surface area contributed by atoms with Crippen LogP contribution in [0.1, 0.15) is 5.56 Å². The molecule has 0 aliphatic carbocycles. The molecule has 3 aromatic heterocycles. The van der Waals surface area contributed by atoms with Gasteiger partial charge in [0.05, 0.1) is 5.69 Å². The monoisotopic (exact) mass is 354 g/mol. The van der Waals surface area contributed by atoms with Gasteiger partial charge in [0.2, 0.25) is 5.95 Å². The van der Waals surface area contributed by atoms with Crippen molar-refractivity contribution in [3.8, 4) is 22.4 Å². The predicted octanol–water partition coefficient (Wildman–Crippen LogP) is 4.23. The molecule has 27 heavy (non-hydrogen) atoms. The smallest absolute Gasteiger partial charge is 0.227 e. The number of pyridine rings is 2. The average Bonchev–Trinajstić information content (AvgIpc) is 2.72. The summed E-state index contributed by atoms with van der Waals surface area (Å²) in [6.07, 6.45) is 8.88. The van der Waals surface area contributed by atoms with E-state index in [1.165, 1.54) is 0 Å². The van der Waals surface area contributed by atoms with Gasteiger partial charge in [-0.3, -0.25) is 9.97 Å². The molecule has 1 aromatic carbocycles. The number of nitrogens with two attached hydrogens (primary N) is 1. The van der Waals surface area contributed by atoms with E-state index in [0.717, 1.165) is 33.6 Å². The van der Waals surface area contributed by atoms with E-state index >= 15 is 0 Å². The van der Waals surface area contributed by atoms with Gasteiger partial charge in [0.15, 0.2) is 0 Å². The summed E-state index contributed by atoms with van der Waals surface area (Å²) in [5.74, 6) is 0.510. The van der Waals surface area contributed by atoms with Crippen LogP contribution >= 0.6 is 0 Å². The Morgan fingerprint density at radius 3 is 2.48 bits per heavy atom. The summed E-state index contributed by atoms with van der Waals surface area (Å²) in [6.45, 7) is 2.01. The molecule has 3 heterocycles. The third-order valence-electron chi connectivity index (χ3n) is 4.21. The maximum atomic E-state index is 5.88. The average molecular weight is 354 g/mol. The molecule has 0 fully saturated rings. The number of nitrogen functional groups attached to an aromatic ring is 1. The fraction of sp³-hybridized carbons (Fsp3) is 0.0476. The quantitative estimate of drug-likeness (QED) is 0.533. The van der Waals surface area contributed by atoms with Gasteiger partial charge in [0.25, 0.3) is 0 Å². The van der Waals surface area contributed by atoms with Crippen LogP contribution in [0.2, 0.25) is 0 Å². The van der Waals surface area contributed by atoms with Crippen LogP contribution in [0.15, 0.2) is 73.4 Å². The number of hydrogen-bond donors (Lipinski definition) is 2. The zero-order chi connectivity index (χ0) is 18.6. The van der Waals surface area contributed by atoms with Gasteiger partial charge < -0.3 is 11.1 Å². The molecule has 6 heteroatoms. The molecule has 0 aliphatic heterocycles. The van der Waals surface area contributed by atoms with Crippen LogP contribution in [-0.4, -0.2) is 19.9 Å². The molecular weight excluding hydrogens is 336 g/mol. The predicted molar refractivity (Wildman–Crippen MR) is 107 cm³/mol. The highest BCUT2D eigenvalue weighted by atomic mass is 15.1. The summed E-state index contributed by atoms with van der Waals surface area (Å²) in [5.41, 5.74) is 12.3. The standard InChI is InChI=1S/C21H18N6/c1-14-2-3-18(22)11-20(14)27-21-25-9-6-19(26-21)17-10-16(12-24-13-17)15-4-7-23-8-5-15/h2-13H,22H2,1H3,(H,25,26,27). The molecular formula is C21H18N6. The maximum Gasteiger partial charge on any atom is 0.227 e. The number of benzene rings is 1. The second-order valence-corrected chi connectivity index (χ2v) is 6.16. The van der Waals surface area contributed by atoms with Crippen LogP contribution in [0.3, 0.4) is 0 Å². The van der Waals surface area contributed by atoms with Gasteiger partial charge in [-0.15, -0.1) is 0 Å². The topological polar surface area (TPSA) is 89.6 Å². The number of aromatic nitrogens is 4. The van der Waals surface area contributed by atoms with Gasteiger partial charge in [0, 0.05) is 53.5 Å². The fourth-order valence-corrected chi connectivity index (χ4v) is 2.76. The molecule has 0 amide bonds. The van der Waals surface area contributed by atoms with Gasteiger partial charge in [-0.2, -0.15) is 0 Å². The van der Waals surface area contributed by atoms with E-state index < -0.39 is 0 Å². The second-order valence-electron chi connectivity index (χ2n) is 6.16. The zero-order valence-electron chi connectivity index (χ0n) is 14.8. The Morgan fingerprint density at radius 2 is 1.63 bits per heavy atom. The normalized spacial score (nSPS) is 10.6.